The van der Waals surface area contributed by atoms with Gasteiger partial charge in [-0.15, -0.1) is 0 Å². The summed E-state index contributed by atoms with van der Waals surface area (Å²) in [5.41, 5.74) is 2.24. The maximum atomic E-state index is 14.5. The average Bonchev–Trinajstić information content (AvgIpc) is 2.93. The highest BCUT2D eigenvalue weighted by atomic mass is 35.5. The monoisotopic (exact) mass is 420 g/mol. The lowest BCUT2D eigenvalue weighted by atomic mass is 9.90. The van der Waals surface area contributed by atoms with E-state index >= 15 is 0 Å². The number of aliphatic carboxylic acids is 1. The Balaban J connectivity index is 1.71. The van der Waals surface area contributed by atoms with Crippen LogP contribution < -0.4 is 9.47 Å². The molecule has 2 unspecified atom stereocenters. The Kier molecular flexibility index (Phi) is 6.08. The van der Waals surface area contributed by atoms with Gasteiger partial charge in [-0.05, 0) is 61.6 Å². The normalized spacial score (nSPS) is 16.6. The zero-order valence-electron chi connectivity index (χ0n) is 17.1. The predicted octanol–water partition coefficient (Wildman–Crippen LogP) is 5.67. The quantitative estimate of drug-likeness (QED) is 0.626. The summed E-state index contributed by atoms with van der Waals surface area (Å²) in [6.45, 7) is 7.67. The SMILES string of the molecule is CC(Cc1ccc(OCc2cc(Cl)cc3c2OC(C)(C)C3)c(F)c1)C(C)C(=O)O. The minimum Gasteiger partial charge on any atom is -0.487 e. The van der Waals surface area contributed by atoms with E-state index in [1.54, 1.807) is 25.1 Å². The molecule has 0 saturated heterocycles. The second-order valence-electron chi connectivity index (χ2n) is 8.45. The van der Waals surface area contributed by atoms with Crippen LogP contribution in [0.1, 0.15) is 44.4 Å². The first-order chi connectivity index (χ1) is 13.6. The maximum Gasteiger partial charge on any atom is 0.306 e. The summed E-state index contributed by atoms with van der Waals surface area (Å²) < 4.78 is 26.3. The molecular weight excluding hydrogens is 395 g/mol. The maximum absolute atomic E-state index is 14.5. The number of halogens is 2. The van der Waals surface area contributed by atoms with Crippen LogP contribution in [0.4, 0.5) is 4.39 Å². The number of hydrogen-bond donors (Lipinski definition) is 1. The predicted molar refractivity (Wildman–Crippen MR) is 110 cm³/mol. The first-order valence-corrected chi connectivity index (χ1v) is 10.1. The van der Waals surface area contributed by atoms with Crippen LogP contribution in [0.2, 0.25) is 5.02 Å². The van der Waals surface area contributed by atoms with E-state index < -0.39 is 17.7 Å². The van der Waals surface area contributed by atoms with Gasteiger partial charge in [0.15, 0.2) is 11.6 Å². The molecule has 0 saturated carbocycles. The Morgan fingerprint density at radius 2 is 2.03 bits per heavy atom. The smallest absolute Gasteiger partial charge is 0.306 e. The van der Waals surface area contributed by atoms with Crippen LogP contribution in [-0.4, -0.2) is 16.7 Å². The summed E-state index contributed by atoms with van der Waals surface area (Å²) in [5, 5.41) is 9.71. The van der Waals surface area contributed by atoms with Crippen LogP contribution in [0.5, 0.6) is 11.5 Å². The van der Waals surface area contributed by atoms with Crippen molar-refractivity contribution in [1.29, 1.82) is 0 Å². The van der Waals surface area contributed by atoms with Crippen molar-refractivity contribution in [2.24, 2.45) is 11.8 Å². The molecule has 1 aliphatic heterocycles. The van der Waals surface area contributed by atoms with E-state index in [0.717, 1.165) is 28.9 Å². The minimum absolute atomic E-state index is 0.104. The summed E-state index contributed by atoms with van der Waals surface area (Å²) >= 11 is 6.22. The van der Waals surface area contributed by atoms with Crippen molar-refractivity contribution < 1.29 is 23.8 Å². The van der Waals surface area contributed by atoms with E-state index in [1.165, 1.54) is 6.07 Å². The van der Waals surface area contributed by atoms with Gasteiger partial charge in [-0.1, -0.05) is 31.5 Å². The summed E-state index contributed by atoms with van der Waals surface area (Å²) in [5.74, 6) is -1.03. The summed E-state index contributed by atoms with van der Waals surface area (Å²) in [6, 6.07) is 8.43. The van der Waals surface area contributed by atoms with Gasteiger partial charge in [0.05, 0.1) is 5.92 Å². The lowest BCUT2D eigenvalue weighted by Gasteiger charge is -2.18. The molecule has 1 aliphatic rings. The van der Waals surface area contributed by atoms with Gasteiger partial charge < -0.3 is 14.6 Å². The van der Waals surface area contributed by atoms with E-state index in [0.29, 0.717) is 11.4 Å². The summed E-state index contributed by atoms with van der Waals surface area (Å²) in [6.07, 6.45) is 1.24. The third kappa shape index (κ3) is 5.02. The molecule has 2 atom stereocenters. The Bertz CT molecular complexity index is 925. The molecule has 0 radical (unpaired) electrons. The number of fused-ring (bicyclic) bond motifs is 1. The summed E-state index contributed by atoms with van der Waals surface area (Å²) in [7, 11) is 0. The molecule has 3 rings (SSSR count). The van der Waals surface area contributed by atoms with Crippen molar-refractivity contribution in [2.75, 3.05) is 0 Å². The fourth-order valence-corrected chi connectivity index (χ4v) is 3.85. The van der Waals surface area contributed by atoms with Crippen molar-refractivity contribution in [3.8, 4) is 11.5 Å². The lowest BCUT2D eigenvalue weighted by Crippen LogP contribution is -2.25. The largest absolute Gasteiger partial charge is 0.487 e. The van der Waals surface area contributed by atoms with Gasteiger partial charge in [-0.2, -0.15) is 0 Å². The lowest BCUT2D eigenvalue weighted by molar-refractivity contribution is -0.142. The molecule has 0 spiro atoms. The van der Waals surface area contributed by atoms with Crippen molar-refractivity contribution in [1.82, 2.24) is 0 Å². The van der Waals surface area contributed by atoms with Crippen molar-refractivity contribution in [3.05, 3.63) is 57.9 Å². The van der Waals surface area contributed by atoms with Gasteiger partial charge in [0.1, 0.15) is 18.0 Å². The number of benzene rings is 2. The molecule has 29 heavy (non-hydrogen) atoms. The van der Waals surface area contributed by atoms with Gasteiger partial charge in [-0.25, -0.2) is 4.39 Å². The highest BCUT2D eigenvalue weighted by Crippen LogP contribution is 2.40. The van der Waals surface area contributed by atoms with Crippen LogP contribution in [0.25, 0.3) is 0 Å². The van der Waals surface area contributed by atoms with Crippen molar-refractivity contribution in [3.63, 3.8) is 0 Å². The third-order valence-electron chi connectivity index (χ3n) is 5.38. The molecule has 0 aromatic heterocycles. The Hall–Kier alpha value is -2.27. The van der Waals surface area contributed by atoms with Gasteiger partial charge in [0, 0.05) is 17.0 Å². The van der Waals surface area contributed by atoms with Crippen LogP contribution >= 0.6 is 11.6 Å². The molecule has 4 nitrogen and oxygen atoms in total. The van der Waals surface area contributed by atoms with E-state index in [2.05, 4.69) is 0 Å². The first kappa shape index (κ1) is 21.4. The van der Waals surface area contributed by atoms with E-state index in [-0.39, 0.29) is 23.9 Å². The van der Waals surface area contributed by atoms with Gasteiger partial charge in [-0.3, -0.25) is 4.79 Å². The van der Waals surface area contributed by atoms with E-state index in [9.17, 15) is 9.18 Å². The topological polar surface area (TPSA) is 55.8 Å². The van der Waals surface area contributed by atoms with Crippen molar-refractivity contribution in [2.45, 2.75) is 52.7 Å². The number of rotatable bonds is 7. The molecular formula is C23H26ClFO4. The van der Waals surface area contributed by atoms with Gasteiger partial charge in [0.25, 0.3) is 0 Å². The number of hydrogen-bond acceptors (Lipinski definition) is 3. The second kappa shape index (κ2) is 8.23. The van der Waals surface area contributed by atoms with E-state index in [1.807, 2.05) is 26.8 Å². The highest BCUT2D eigenvalue weighted by Gasteiger charge is 2.32. The molecule has 6 heteroatoms. The molecule has 2 aromatic rings. The van der Waals surface area contributed by atoms with Gasteiger partial charge in [0.2, 0.25) is 0 Å². The molecule has 1 N–H and O–H groups in total. The molecule has 156 valence electrons. The number of carbonyl (C=O) groups is 1. The highest BCUT2D eigenvalue weighted by molar-refractivity contribution is 6.30. The molecule has 2 aromatic carbocycles. The fourth-order valence-electron chi connectivity index (χ4n) is 3.59. The number of carboxylic acid groups (broad SMARTS) is 1. The van der Waals surface area contributed by atoms with Crippen LogP contribution in [0.3, 0.4) is 0 Å². The standard InChI is InChI=1S/C23H26ClFO4/c1-13(14(2)22(26)27)7-15-5-6-20(19(25)8-15)28-12-17-10-18(24)9-16-11-23(3,4)29-21(16)17/h5-6,8-10,13-14H,7,11-12H2,1-4H3,(H,26,27). The number of ether oxygens (including phenoxy) is 2. The molecule has 0 aliphatic carbocycles. The van der Waals surface area contributed by atoms with E-state index in [4.69, 9.17) is 26.2 Å². The van der Waals surface area contributed by atoms with Crippen LogP contribution in [0, 0.1) is 17.7 Å². The van der Waals surface area contributed by atoms with Gasteiger partial charge >= 0.3 is 5.97 Å². The van der Waals surface area contributed by atoms with Crippen molar-refractivity contribution >= 4 is 17.6 Å². The third-order valence-corrected chi connectivity index (χ3v) is 5.60. The Morgan fingerprint density at radius 3 is 2.69 bits per heavy atom. The molecule has 0 bridgehead atoms. The minimum atomic E-state index is -0.850. The van der Waals surface area contributed by atoms with Crippen LogP contribution in [-0.2, 0) is 24.2 Å². The first-order valence-electron chi connectivity index (χ1n) is 9.70. The van der Waals surface area contributed by atoms with Crippen LogP contribution in [0.15, 0.2) is 30.3 Å². The zero-order valence-corrected chi connectivity index (χ0v) is 17.8. The Labute approximate surface area is 175 Å². The Morgan fingerprint density at radius 1 is 1.31 bits per heavy atom. The summed E-state index contributed by atoms with van der Waals surface area (Å²) in [4.78, 5) is 11.1. The zero-order chi connectivity index (χ0) is 21.3. The number of carboxylic acids is 1. The molecule has 0 amide bonds. The average molecular weight is 421 g/mol. The molecule has 0 fully saturated rings. The fraction of sp³-hybridized carbons (Fsp3) is 0.435. The second-order valence-corrected chi connectivity index (χ2v) is 8.89. The molecule has 1 heterocycles.